The number of carbonyl (C=O) groups is 2. The van der Waals surface area contributed by atoms with Crippen molar-refractivity contribution in [3.63, 3.8) is 0 Å². The molecule has 8 nitrogen and oxygen atoms in total. The summed E-state index contributed by atoms with van der Waals surface area (Å²) in [6, 6.07) is 0. The number of carboxylic acid groups (broad SMARTS) is 2. The van der Waals surface area contributed by atoms with Crippen molar-refractivity contribution in [2.24, 2.45) is 0 Å². The van der Waals surface area contributed by atoms with E-state index in [2.05, 4.69) is 21.1 Å². The standard InChI is InChI=1S/C5H14NO.C4H6O6/c1-6(2,3)4-5-7;5-1(3(7)8)2(6)4(9)10/h7H,4-5H2,1-3H3;1-2,5-6H,(H,7,8)(H,9,10)/q+1;/i1+1,2+1,3+1,6+1;. The Labute approximate surface area is 98.9 Å². The molecule has 0 aliphatic carbocycles. The van der Waals surface area contributed by atoms with Gasteiger partial charge in [0, 0.05) is 0 Å². The molecule has 0 radical (unpaired) electrons. The van der Waals surface area contributed by atoms with Crippen molar-refractivity contribution in [2.75, 3.05) is 34.3 Å². The quantitative estimate of drug-likeness (QED) is 0.210. The number of aliphatic hydroxyl groups excluding tert-OH is 3. The van der Waals surface area contributed by atoms with Crippen LogP contribution >= 0.6 is 0 Å². The summed E-state index contributed by atoms with van der Waals surface area (Å²) < 4.78 is 0.844. The minimum atomic E-state index is -2.27. The molecule has 0 spiro atoms. The molecule has 0 bridgehead atoms. The molecule has 8 heteroatoms. The third-order valence-electron chi connectivity index (χ3n) is 1.58. The minimum absolute atomic E-state index is 0.281. The Bertz CT molecular complexity index is 230. The van der Waals surface area contributed by atoms with Gasteiger partial charge in [0.15, 0.2) is 12.2 Å². The van der Waals surface area contributed by atoms with Gasteiger partial charge in [-0.2, -0.15) is 0 Å². The van der Waals surface area contributed by atoms with Crippen molar-refractivity contribution in [2.45, 2.75) is 12.2 Å². The Morgan fingerprint density at radius 1 is 1.00 bits per heavy atom. The van der Waals surface area contributed by atoms with Gasteiger partial charge >= 0.3 is 11.9 Å². The van der Waals surface area contributed by atoms with Crippen molar-refractivity contribution < 1.29 is 39.6 Å². The highest BCUT2D eigenvalue weighted by molar-refractivity contribution is 5.83. The molecular formula is C9H20NO7+. The first kappa shape index (κ1) is 18.2. The fourth-order valence-electron chi connectivity index (χ4n) is 0.570. The van der Waals surface area contributed by atoms with Gasteiger partial charge in [0.05, 0.1) is 27.7 Å². The lowest BCUT2D eigenvalue weighted by Crippen LogP contribution is -2.39. The Balaban J connectivity index is 0. The second-order valence-corrected chi connectivity index (χ2v) is 4.30. The Morgan fingerprint density at radius 2 is 1.29 bits per heavy atom. The van der Waals surface area contributed by atoms with Crippen molar-refractivity contribution in [3.05, 3.63) is 0 Å². The molecule has 0 saturated carbocycles. The summed E-state index contributed by atoms with van der Waals surface area (Å²) in [5.41, 5.74) is 0. The number of nitrogens with zero attached hydrogens (tertiary/aromatic N) is 1. The van der Waals surface area contributed by atoms with Crippen LogP contribution in [0.5, 0.6) is 0 Å². The van der Waals surface area contributed by atoms with E-state index in [1.807, 2.05) is 0 Å². The van der Waals surface area contributed by atoms with E-state index in [4.69, 9.17) is 25.5 Å². The van der Waals surface area contributed by atoms with E-state index in [0.29, 0.717) is 0 Å². The number of hydrogen-bond acceptors (Lipinski definition) is 5. The summed E-state index contributed by atoms with van der Waals surface area (Å²) >= 11 is 0. The zero-order valence-electron chi connectivity index (χ0n) is 10.1. The van der Waals surface area contributed by atoms with E-state index in [0.717, 1.165) is 11.0 Å². The van der Waals surface area contributed by atoms with E-state index < -0.39 is 24.1 Å². The van der Waals surface area contributed by atoms with Crippen LogP contribution in [0.3, 0.4) is 0 Å². The number of hydrogen-bond donors (Lipinski definition) is 5. The number of rotatable bonds is 5. The van der Waals surface area contributed by atoms with E-state index in [-0.39, 0.29) is 6.61 Å². The summed E-state index contributed by atoms with van der Waals surface area (Å²) in [6.45, 7) is 1.11. The third kappa shape index (κ3) is 11.1. The predicted molar refractivity (Wildman–Crippen MR) is 57.3 cm³/mol. The van der Waals surface area contributed by atoms with Crippen LogP contribution in [0.2, 0.25) is 0 Å². The number of aliphatic carboxylic acids is 2. The monoisotopic (exact) mass is 258 g/mol. The molecule has 0 amide bonds. The second kappa shape index (κ2) is 7.96. The smallest absolute Gasteiger partial charge is 0.335 e. The fraction of sp³-hybridized carbons (Fsp3) is 0.778. The molecule has 0 aliphatic rings. The van der Waals surface area contributed by atoms with E-state index in [9.17, 15) is 9.59 Å². The maximum absolute atomic E-state index is 9.77. The van der Waals surface area contributed by atoms with Gasteiger partial charge in [-0.1, -0.05) is 0 Å². The maximum atomic E-state index is 9.77. The number of likely N-dealkylation sites (N-methyl/N-ethyl adjacent to an activating group) is 1. The molecule has 0 fully saturated rings. The van der Waals surface area contributed by atoms with Gasteiger partial charge in [0.2, 0.25) is 0 Å². The lowest BCUT2D eigenvalue weighted by Gasteiger charge is -2.21. The first-order valence-electron chi connectivity index (χ1n) is 4.76. The van der Waals surface area contributed by atoms with E-state index in [1.165, 1.54) is 0 Å². The molecule has 0 rings (SSSR count). The highest BCUT2D eigenvalue weighted by atomic mass is 16.4. The molecule has 0 aromatic heterocycles. The molecule has 5 N–H and O–H groups in total. The third-order valence-corrected chi connectivity index (χ3v) is 1.58. The second-order valence-electron chi connectivity index (χ2n) is 4.30. The highest BCUT2D eigenvalue weighted by Gasteiger charge is 2.29. The number of aliphatic hydroxyl groups is 3. The van der Waals surface area contributed by atoms with E-state index in [1.54, 1.807) is 0 Å². The molecule has 0 aromatic rings. The summed E-state index contributed by atoms with van der Waals surface area (Å²) in [5.74, 6) is -3.54. The number of carboxylic acids is 2. The molecule has 0 heterocycles. The maximum Gasteiger partial charge on any atom is 0.335 e. The van der Waals surface area contributed by atoms with Crippen LogP contribution in [0.25, 0.3) is 0 Å². The topological polar surface area (TPSA) is 135 Å². The van der Waals surface area contributed by atoms with Gasteiger partial charge in [-0.05, 0) is 0 Å². The fourth-order valence-corrected chi connectivity index (χ4v) is 0.570. The average Bonchev–Trinajstić information content (AvgIpc) is 2.14. The molecule has 0 saturated heterocycles. The van der Waals surface area contributed by atoms with Crippen molar-refractivity contribution in [3.8, 4) is 0 Å². The van der Waals surface area contributed by atoms with Gasteiger partial charge in [0.1, 0.15) is 6.54 Å². The molecule has 0 aliphatic heterocycles. The summed E-state index contributed by atoms with van der Waals surface area (Å²) in [4.78, 5) is 19.5. The first-order chi connectivity index (χ1) is 7.52. The van der Waals surface area contributed by atoms with Crippen LogP contribution in [0, 0.1) is 0 Å². The van der Waals surface area contributed by atoms with Crippen LogP contribution in [0.1, 0.15) is 0 Å². The van der Waals surface area contributed by atoms with Crippen molar-refractivity contribution >= 4 is 11.9 Å². The molecule has 17 heavy (non-hydrogen) atoms. The summed E-state index contributed by atoms with van der Waals surface area (Å²) in [5, 5.41) is 40.9. The van der Waals surface area contributed by atoms with Crippen LogP contribution < -0.4 is 0 Å². The summed E-state index contributed by atoms with van der Waals surface area (Å²) in [6.07, 6.45) is -4.53. The van der Waals surface area contributed by atoms with E-state index >= 15 is 0 Å². The zero-order valence-corrected chi connectivity index (χ0v) is 10.1. The van der Waals surface area contributed by atoms with Gasteiger partial charge < -0.3 is 30.0 Å². The molecule has 102 valence electrons. The largest absolute Gasteiger partial charge is 0.479 e. The normalized spacial score (nSPS) is 14.2. The van der Waals surface area contributed by atoms with Crippen LogP contribution in [-0.4, -0.2) is 88.5 Å². The Kier molecular flexibility index (Phi) is 8.50. The molecule has 0 aromatic carbocycles. The van der Waals surface area contributed by atoms with Gasteiger partial charge in [0.25, 0.3) is 0 Å². The van der Waals surface area contributed by atoms with Gasteiger partial charge in [-0.3, -0.25) is 0 Å². The van der Waals surface area contributed by atoms with Crippen LogP contribution in [-0.2, 0) is 9.59 Å². The first-order valence-corrected chi connectivity index (χ1v) is 4.76. The van der Waals surface area contributed by atoms with Crippen molar-refractivity contribution in [1.29, 1.82) is 0 Å². The molecule has 2 unspecified atom stereocenters. The zero-order chi connectivity index (χ0) is 14.2. The average molecular weight is 258 g/mol. The predicted octanol–water partition coefficient (Wildman–Crippen LogP) is -2.44. The lowest BCUT2D eigenvalue weighted by atomic mass is 10.2. The minimum Gasteiger partial charge on any atom is -0.479 e. The Morgan fingerprint density at radius 3 is 1.35 bits per heavy atom. The van der Waals surface area contributed by atoms with Gasteiger partial charge in [-0.25, -0.2) is 9.59 Å². The lowest BCUT2D eigenvalue weighted by molar-refractivity contribution is -0.870. The van der Waals surface area contributed by atoms with Gasteiger partial charge in [-0.15, -0.1) is 0 Å². The summed E-state index contributed by atoms with van der Waals surface area (Å²) in [7, 11) is 6.16. The number of quaternary nitrogens is 1. The molecule has 2 atom stereocenters. The van der Waals surface area contributed by atoms with Crippen LogP contribution in [0.4, 0.5) is 0 Å². The SMILES string of the molecule is O=C(O)C(O)C(O)C(=O)O.[13CH3][15N+]([13CH3])([13CH3])CCO. The van der Waals surface area contributed by atoms with Crippen molar-refractivity contribution in [1.82, 2.24) is 0 Å². The Hall–Kier alpha value is -1.22. The highest BCUT2D eigenvalue weighted by Crippen LogP contribution is 1.92. The molecular weight excluding hydrogens is 238 g/mol. The van der Waals surface area contributed by atoms with Crippen LogP contribution in [0.15, 0.2) is 0 Å².